The van der Waals surface area contributed by atoms with E-state index < -0.39 is 18.5 Å². The second-order valence-corrected chi connectivity index (χ2v) is 3.90. The summed E-state index contributed by atoms with van der Waals surface area (Å²) in [5, 5.41) is 18.8. The van der Waals surface area contributed by atoms with E-state index in [-0.39, 0.29) is 5.69 Å². The molecule has 1 heterocycles. The van der Waals surface area contributed by atoms with Crippen molar-refractivity contribution >= 4 is 22.8 Å². The zero-order valence-corrected chi connectivity index (χ0v) is 10.2. The van der Waals surface area contributed by atoms with Gasteiger partial charge in [0.05, 0.1) is 18.6 Å². The maximum atomic E-state index is 11.2. The number of rotatable bonds is 4. The standard InChI is InChI=1S/C13H11NO5/c1-19-11-6-10(13(17)18)14(7-12(15)16)9-5-3-2-4-8(9)11/h2-6H,7H2,1H3,(H-,15,16,17,18)/p+1. The molecule has 6 nitrogen and oxygen atoms in total. The van der Waals surface area contributed by atoms with Gasteiger partial charge in [0.1, 0.15) is 5.75 Å². The normalized spacial score (nSPS) is 10.4. The van der Waals surface area contributed by atoms with Crippen LogP contribution in [-0.4, -0.2) is 29.3 Å². The predicted octanol–water partition coefficient (Wildman–Crippen LogP) is 0.919. The molecule has 0 atom stereocenters. The van der Waals surface area contributed by atoms with Crippen molar-refractivity contribution < 1.29 is 29.1 Å². The zero-order chi connectivity index (χ0) is 14.0. The van der Waals surface area contributed by atoms with Crippen molar-refractivity contribution in [3.8, 4) is 5.75 Å². The lowest BCUT2D eigenvalue weighted by atomic mass is 10.1. The third-order valence-corrected chi connectivity index (χ3v) is 2.75. The number of aromatic nitrogens is 1. The van der Waals surface area contributed by atoms with E-state index in [9.17, 15) is 14.7 Å². The minimum atomic E-state index is -1.20. The van der Waals surface area contributed by atoms with E-state index in [4.69, 9.17) is 9.84 Å². The summed E-state index contributed by atoms with van der Waals surface area (Å²) in [5.41, 5.74) is 0.375. The number of hydrogen-bond acceptors (Lipinski definition) is 3. The summed E-state index contributed by atoms with van der Waals surface area (Å²) in [6.07, 6.45) is 0. The Bertz CT molecular complexity index is 665. The van der Waals surface area contributed by atoms with Gasteiger partial charge in [0, 0.05) is 6.07 Å². The highest BCUT2D eigenvalue weighted by atomic mass is 16.5. The third kappa shape index (κ3) is 2.33. The average molecular weight is 262 g/mol. The number of hydrogen-bond donors (Lipinski definition) is 2. The number of benzene rings is 1. The molecule has 98 valence electrons. The molecule has 0 aliphatic rings. The molecule has 2 rings (SSSR count). The van der Waals surface area contributed by atoms with Crippen LogP contribution in [0.3, 0.4) is 0 Å². The highest BCUT2D eigenvalue weighted by Gasteiger charge is 2.26. The lowest BCUT2D eigenvalue weighted by Gasteiger charge is -2.07. The highest BCUT2D eigenvalue weighted by Crippen LogP contribution is 2.24. The molecule has 6 heteroatoms. The summed E-state index contributed by atoms with van der Waals surface area (Å²) in [6, 6.07) is 8.22. The fourth-order valence-corrected chi connectivity index (χ4v) is 1.98. The van der Waals surface area contributed by atoms with Gasteiger partial charge < -0.3 is 14.9 Å². The van der Waals surface area contributed by atoms with Gasteiger partial charge in [0.25, 0.3) is 5.69 Å². The second-order valence-electron chi connectivity index (χ2n) is 3.90. The van der Waals surface area contributed by atoms with E-state index in [2.05, 4.69) is 0 Å². The molecule has 0 saturated carbocycles. The number of carboxylic acids is 2. The fourth-order valence-electron chi connectivity index (χ4n) is 1.98. The van der Waals surface area contributed by atoms with Crippen LogP contribution in [0.15, 0.2) is 30.3 Å². The molecule has 0 aliphatic carbocycles. The molecule has 0 bridgehead atoms. The summed E-state index contributed by atoms with van der Waals surface area (Å²) in [7, 11) is 1.44. The zero-order valence-electron chi connectivity index (χ0n) is 10.2. The first-order chi connectivity index (χ1) is 9.04. The summed E-state index contributed by atoms with van der Waals surface area (Å²) in [4.78, 5) is 22.1. The first-order valence-electron chi connectivity index (χ1n) is 5.49. The Morgan fingerprint density at radius 2 is 1.95 bits per heavy atom. The third-order valence-electron chi connectivity index (χ3n) is 2.75. The number of fused-ring (bicyclic) bond motifs is 1. The molecule has 0 aliphatic heterocycles. The maximum Gasteiger partial charge on any atom is 0.401 e. The Kier molecular flexibility index (Phi) is 3.33. The first kappa shape index (κ1) is 12.8. The van der Waals surface area contributed by atoms with Crippen LogP contribution in [0.1, 0.15) is 10.5 Å². The summed E-state index contributed by atoms with van der Waals surface area (Å²) in [6.45, 7) is -0.424. The van der Waals surface area contributed by atoms with Crippen LogP contribution >= 0.6 is 0 Å². The second kappa shape index (κ2) is 4.93. The predicted molar refractivity (Wildman–Crippen MR) is 65.3 cm³/mol. The smallest absolute Gasteiger partial charge is 0.401 e. The molecule has 0 unspecified atom stereocenters. The van der Waals surface area contributed by atoms with E-state index in [1.54, 1.807) is 24.3 Å². The molecular formula is C13H12NO5+. The molecule has 0 spiro atoms. The minimum Gasteiger partial charge on any atom is -0.496 e. The average Bonchev–Trinajstić information content (AvgIpc) is 2.38. The van der Waals surface area contributed by atoms with Crippen molar-refractivity contribution in [1.82, 2.24) is 0 Å². The highest BCUT2D eigenvalue weighted by molar-refractivity contribution is 5.90. The number of ether oxygens (including phenoxy) is 1. The topological polar surface area (TPSA) is 87.7 Å². The Morgan fingerprint density at radius 3 is 2.53 bits per heavy atom. The Morgan fingerprint density at radius 1 is 1.26 bits per heavy atom. The van der Waals surface area contributed by atoms with E-state index >= 15 is 0 Å². The quantitative estimate of drug-likeness (QED) is 0.800. The van der Waals surface area contributed by atoms with Gasteiger partial charge >= 0.3 is 11.9 Å². The van der Waals surface area contributed by atoms with E-state index in [1.807, 2.05) is 0 Å². The summed E-state index contributed by atoms with van der Waals surface area (Å²) in [5.74, 6) is -1.91. The van der Waals surface area contributed by atoms with Crippen molar-refractivity contribution in [2.75, 3.05) is 7.11 Å². The molecule has 19 heavy (non-hydrogen) atoms. The maximum absolute atomic E-state index is 11.2. The van der Waals surface area contributed by atoms with Crippen molar-refractivity contribution in [3.05, 3.63) is 36.0 Å². The summed E-state index contributed by atoms with van der Waals surface area (Å²) >= 11 is 0. The number of carbonyl (C=O) groups is 2. The van der Waals surface area contributed by atoms with Crippen LogP contribution in [0.5, 0.6) is 5.75 Å². The van der Waals surface area contributed by atoms with Crippen molar-refractivity contribution in [1.29, 1.82) is 0 Å². The number of nitrogens with zero attached hydrogens (tertiary/aromatic N) is 1. The van der Waals surface area contributed by atoms with Gasteiger partial charge in [-0.3, -0.25) is 0 Å². The largest absolute Gasteiger partial charge is 0.496 e. The fraction of sp³-hybridized carbons (Fsp3) is 0.154. The van der Waals surface area contributed by atoms with Gasteiger partial charge in [0.2, 0.25) is 12.1 Å². The van der Waals surface area contributed by atoms with Crippen molar-refractivity contribution in [2.45, 2.75) is 6.54 Å². The molecule has 1 aromatic carbocycles. The first-order valence-corrected chi connectivity index (χ1v) is 5.49. The molecule has 0 amide bonds. The van der Waals surface area contributed by atoms with E-state index in [0.717, 1.165) is 0 Å². The van der Waals surface area contributed by atoms with Crippen LogP contribution in [-0.2, 0) is 11.3 Å². The van der Waals surface area contributed by atoms with Gasteiger partial charge in [-0.05, 0) is 6.07 Å². The molecular weight excluding hydrogens is 250 g/mol. The molecule has 2 aromatic rings. The van der Waals surface area contributed by atoms with Crippen molar-refractivity contribution in [2.24, 2.45) is 0 Å². The van der Waals surface area contributed by atoms with Crippen LogP contribution in [0.2, 0.25) is 0 Å². The van der Waals surface area contributed by atoms with E-state index in [0.29, 0.717) is 16.7 Å². The SMILES string of the molecule is COc1cc(C(=O)O)[n+](CC(=O)O)c2ccccc12. The molecule has 0 saturated heterocycles. The Balaban J connectivity index is 2.84. The number of aromatic carboxylic acids is 1. The molecule has 0 fully saturated rings. The van der Waals surface area contributed by atoms with Crippen LogP contribution in [0, 0.1) is 0 Å². The summed E-state index contributed by atoms with van der Waals surface area (Å²) < 4.78 is 6.39. The molecule has 0 radical (unpaired) electrons. The van der Waals surface area contributed by atoms with Crippen LogP contribution in [0.25, 0.3) is 10.9 Å². The monoisotopic (exact) mass is 262 g/mol. The number of aliphatic carboxylic acids is 1. The number of para-hydroxylation sites is 1. The van der Waals surface area contributed by atoms with Crippen LogP contribution < -0.4 is 9.30 Å². The molecule has 2 N–H and O–H groups in total. The number of methoxy groups -OCH3 is 1. The number of pyridine rings is 1. The van der Waals surface area contributed by atoms with Gasteiger partial charge in [-0.15, -0.1) is 0 Å². The molecule has 1 aromatic heterocycles. The minimum absolute atomic E-state index is 0.127. The number of carboxylic acid groups (broad SMARTS) is 2. The van der Waals surface area contributed by atoms with Gasteiger partial charge in [-0.25, -0.2) is 9.59 Å². The van der Waals surface area contributed by atoms with Gasteiger partial charge in [-0.1, -0.05) is 12.1 Å². The lowest BCUT2D eigenvalue weighted by molar-refractivity contribution is -0.662. The Labute approximate surface area is 108 Å². The van der Waals surface area contributed by atoms with Gasteiger partial charge in [-0.2, -0.15) is 4.57 Å². The van der Waals surface area contributed by atoms with E-state index in [1.165, 1.54) is 17.7 Å². The van der Waals surface area contributed by atoms with Crippen molar-refractivity contribution in [3.63, 3.8) is 0 Å². The van der Waals surface area contributed by atoms with Crippen LogP contribution in [0.4, 0.5) is 0 Å². The lowest BCUT2D eigenvalue weighted by Crippen LogP contribution is -2.44. The Hall–Kier alpha value is -2.63. The van der Waals surface area contributed by atoms with Gasteiger partial charge in [0.15, 0.2) is 0 Å².